The zero-order valence-corrected chi connectivity index (χ0v) is 15.1. The molecule has 0 aliphatic carbocycles. The number of anilines is 2. The molecule has 3 N–H and O–H groups in total. The van der Waals surface area contributed by atoms with E-state index in [1.165, 1.54) is 27.0 Å². The van der Waals surface area contributed by atoms with Crippen LogP contribution in [0, 0.1) is 0 Å². The maximum Gasteiger partial charge on any atom is 0.339 e. The van der Waals surface area contributed by atoms with E-state index in [0.29, 0.717) is 16.9 Å². The Morgan fingerprint density at radius 2 is 1.19 bits per heavy atom. The van der Waals surface area contributed by atoms with E-state index in [4.69, 9.17) is 5.11 Å². The molecule has 0 aliphatic heterocycles. The van der Waals surface area contributed by atoms with Gasteiger partial charge in [-0.05, 0) is 24.3 Å². The van der Waals surface area contributed by atoms with Crippen LogP contribution in [0.5, 0.6) is 0 Å². The number of carbonyl (C=O) groups is 4. The molecule has 8 heteroatoms. The highest BCUT2D eigenvalue weighted by atomic mass is 16.5. The van der Waals surface area contributed by atoms with Gasteiger partial charge in [0.05, 0.1) is 29.6 Å². The highest BCUT2D eigenvalue weighted by Crippen LogP contribution is 2.16. The number of rotatable bonds is 4. The molecule has 8 nitrogen and oxygen atoms in total. The lowest BCUT2D eigenvalue weighted by atomic mass is 10.2. The van der Waals surface area contributed by atoms with Gasteiger partial charge in [0, 0.05) is 13.8 Å². The van der Waals surface area contributed by atoms with E-state index in [0.717, 1.165) is 0 Å². The first-order valence-corrected chi connectivity index (χ1v) is 7.81. The molecular weight excluding hydrogens is 352 g/mol. The lowest BCUT2D eigenvalue weighted by molar-refractivity contribution is -0.115. The normalized spacial score (nSPS) is 9.30. The van der Waals surface area contributed by atoms with Crippen LogP contribution in [0.15, 0.2) is 48.5 Å². The van der Waals surface area contributed by atoms with Crippen LogP contribution in [-0.4, -0.2) is 36.0 Å². The van der Waals surface area contributed by atoms with Crippen molar-refractivity contribution in [2.45, 2.75) is 13.8 Å². The number of carbonyl (C=O) groups excluding carboxylic acids is 3. The fourth-order valence-electron chi connectivity index (χ4n) is 2.04. The molecule has 0 saturated heterocycles. The minimum Gasteiger partial charge on any atom is -0.478 e. The number of para-hydroxylation sites is 2. The summed E-state index contributed by atoms with van der Waals surface area (Å²) in [6, 6.07) is 12.9. The van der Waals surface area contributed by atoms with Crippen LogP contribution in [0.3, 0.4) is 0 Å². The average Bonchev–Trinajstić information content (AvgIpc) is 2.61. The maximum absolute atomic E-state index is 11.2. The van der Waals surface area contributed by atoms with Crippen LogP contribution in [0.4, 0.5) is 11.4 Å². The van der Waals surface area contributed by atoms with Crippen LogP contribution >= 0.6 is 0 Å². The number of ether oxygens (including phenoxy) is 1. The van der Waals surface area contributed by atoms with E-state index < -0.39 is 11.9 Å². The van der Waals surface area contributed by atoms with Crippen molar-refractivity contribution in [3.8, 4) is 0 Å². The predicted octanol–water partition coefficient (Wildman–Crippen LogP) is 2.77. The molecule has 0 atom stereocenters. The zero-order valence-electron chi connectivity index (χ0n) is 15.1. The number of esters is 1. The quantitative estimate of drug-likeness (QED) is 0.710. The number of carboxylic acids is 1. The molecule has 27 heavy (non-hydrogen) atoms. The van der Waals surface area contributed by atoms with Crippen molar-refractivity contribution in [1.82, 2.24) is 0 Å². The first-order valence-electron chi connectivity index (χ1n) is 7.81. The predicted molar refractivity (Wildman–Crippen MR) is 99.8 cm³/mol. The van der Waals surface area contributed by atoms with E-state index in [9.17, 15) is 19.2 Å². The molecule has 0 bridgehead atoms. The number of hydrogen-bond donors (Lipinski definition) is 3. The van der Waals surface area contributed by atoms with Crippen LogP contribution in [-0.2, 0) is 14.3 Å². The second-order valence-electron chi connectivity index (χ2n) is 5.25. The number of aromatic carboxylic acids is 1. The Labute approximate surface area is 156 Å². The van der Waals surface area contributed by atoms with Crippen molar-refractivity contribution in [1.29, 1.82) is 0 Å². The molecule has 0 unspecified atom stereocenters. The third-order valence-electron chi connectivity index (χ3n) is 3.11. The van der Waals surface area contributed by atoms with Gasteiger partial charge in [0.2, 0.25) is 11.8 Å². The lowest BCUT2D eigenvalue weighted by Gasteiger charge is -2.06. The molecule has 0 spiro atoms. The summed E-state index contributed by atoms with van der Waals surface area (Å²) in [4.78, 5) is 43.4. The van der Waals surface area contributed by atoms with Crippen LogP contribution in [0.1, 0.15) is 34.6 Å². The minimum absolute atomic E-state index is 0.0951. The van der Waals surface area contributed by atoms with Crippen molar-refractivity contribution in [2.75, 3.05) is 17.7 Å². The SMILES string of the molecule is CC(=O)Nc1ccccc1C(=O)O.COC(=O)c1ccccc1NC(C)=O. The van der Waals surface area contributed by atoms with Gasteiger partial charge in [0.15, 0.2) is 0 Å². The van der Waals surface area contributed by atoms with E-state index in [-0.39, 0.29) is 17.4 Å². The number of amides is 2. The first kappa shape index (κ1) is 21.4. The molecule has 142 valence electrons. The minimum atomic E-state index is -1.05. The Hall–Kier alpha value is -3.68. The third-order valence-corrected chi connectivity index (χ3v) is 3.11. The molecule has 0 saturated carbocycles. The van der Waals surface area contributed by atoms with Gasteiger partial charge in [0.1, 0.15) is 0 Å². The fourth-order valence-corrected chi connectivity index (χ4v) is 2.04. The van der Waals surface area contributed by atoms with Gasteiger partial charge in [-0.2, -0.15) is 0 Å². The van der Waals surface area contributed by atoms with Crippen molar-refractivity contribution in [3.05, 3.63) is 59.7 Å². The largest absolute Gasteiger partial charge is 0.478 e. The molecule has 2 rings (SSSR count). The van der Waals surface area contributed by atoms with Gasteiger partial charge < -0.3 is 20.5 Å². The molecule has 0 aliphatic rings. The second kappa shape index (κ2) is 10.3. The van der Waals surface area contributed by atoms with E-state index in [1.807, 2.05) is 0 Å². The first-order chi connectivity index (χ1) is 12.8. The summed E-state index contributed by atoms with van der Waals surface area (Å²) in [6.45, 7) is 2.71. The Balaban J connectivity index is 0.000000271. The van der Waals surface area contributed by atoms with Crippen LogP contribution in [0.25, 0.3) is 0 Å². The van der Waals surface area contributed by atoms with Gasteiger partial charge in [0.25, 0.3) is 0 Å². The van der Waals surface area contributed by atoms with Gasteiger partial charge >= 0.3 is 11.9 Å². The summed E-state index contributed by atoms with van der Waals surface area (Å²) in [7, 11) is 1.30. The molecular formula is C19H20N2O6. The average molecular weight is 372 g/mol. The highest BCUT2D eigenvalue weighted by molar-refractivity contribution is 6.01. The number of carboxylic acid groups (broad SMARTS) is 1. The fraction of sp³-hybridized carbons (Fsp3) is 0.158. The summed E-state index contributed by atoms with van der Waals surface area (Å²) in [5.41, 5.74) is 1.23. The standard InChI is InChI=1S/C10H11NO3.C9H9NO3/c1-7(12)11-9-6-4-3-5-8(9)10(13)14-2;1-6(11)10-8-5-3-2-4-7(8)9(12)13/h3-6H,1-2H3,(H,11,12);2-5H,1H3,(H,10,11)(H,12,13). The second-order valence-corrected chi connectivity index (χ2v) is 5.25. The maximum atomic E-state index is 11.2. The third kappa shape index (κ3) is 6.99. The molecule has 2 aromatic carbocycles. The van der Waals surface area contributed by atoms with Crippen LogP contribution in [0.2, 0.25) is 0 Å². The summed E-state index contributed by atoms with van der Waals surface area (Å²) < 4.78 is 4.57. The van der Waals surface area contributed by atoms with Crippen LogP contribution < -0.4 is 10.6 Å². The molecule has 0 fully saturated rings. The number of nitrogens with one attached hydrogen (secondary N) is 2. The number of methoxy groups -OCH3 is 1. The molecule has 0 radical (unpaired) electrons. The van der Waals surface area contributed by atoms with Gasteiger partial charge in [-0.15, -0.1) is 0 Å². The van der Waals surface area contributed by atoms with Crippen molar-refractivity contribution in [3.63, 3.8) is 0 Å². The van der Waals surface area contributed by atoms with Gasteiger partial charge in [-0.3, -0.25) is 9.59 Å². The van der Waals surface area contributed by atoms with E-state index >= 15 is 0 Å². The Morgan fingerprint density at radius 1 is 0.778 bits per heavy atom. The lowest BCUT2D eigenvalue weighted by Crippen LogP contribution is -2.11. The van der Waals surface area contributed by atoms with E-state index in [1.54, 1.807) is 42.5 Å². The smallest absolute Gasteiger partial charge is 0.339 e. The summed E-state index contributed by atoms with van der Waals surface area (Å²) >= 11 is 0. The topological polar surface area (TPSA) is 122 Å². The zero-order chi connectivity index (χ0) is 20.4. The summed E-state index contributed by atoms with van der Waals surface area (Å²) in [5.74, 6) is -2.02. The van der Waals surface area contributed by atoms with Crippen molar-refractivity contribution in [2.24, 2.45) is 0 Å². The summed E-state index contributed by atoms with van der Waals surface area (Å²) in [6.07, 6.45) is 0. The monoisotopic (exact) mass is 372 g/mol. The Morgan fingerprint density at radius 3 is 1.59 bits per heavy atom. The molecule has 0 heterocycles. The number of hydrogen-bond acceptors (Lipinski definition) is 5. The molecule has 0 aromatic heterocycles. The molecule has 2 amide bonds. The van der Waals surface area contributed by atoms with Gasteiger partial charge in [-0.25, -0.2) is 9.59 Å². The van der Waals surface area contributed by atoms with E-state index in [2.05, 4.69) is 15.4 Å². The molecule has 2 aromatic rings. The Kier molecular flexibility index (Phi) is 8.18. The Bertz CT molecular complexity index is 848. The van der Waals surface area contributed by atoms with Gasteiger partial charge in [-0.1, -0.05) is 24.3 Å². The highest BCUT2D eigenvalue weighted by Gasteiger charge is 2.11. The number of benzene rings is 2. The summed E-state index contributed by atoms with van der Waals surface area (Å²) in [5, 5.41) is 13.7. The van der Waals surface area contributed by atoms with Crippen molar-refractivity contribution < 1.29 is 29.0 Å². The van der Waals surface area contributed by atoms with Crippen molar-refractivity contribution >= 4 is 35.1 Å².